The molecular formula is C15H25N3O4. The fraction of sp³-hybridized carbons (Fsp3) is 0.667. The van der Waals surface area contributed by atoms with Crippen molar-refractivity contribution in [3.63, 3.8) is 0 Å². The molecule has 1 heterocycles. The van der Waals surface area contributed by atoms with Crippen molar-refractivity contribution in [2.24, 2.45) is 5.92 Å². The molecule has 1 aromatic rings. The zero-order chi connectivity index (χ0) is 16.4. The Kier molecular flexibility index (Phi) is 8.21. The van der Waals surface area contributed by atoms with Gasteiger partial charge in [0.15, 0.2) is 5.82 Å². The van der Waals surface area contributed by atoms with E-state index in [2.05, 4.69) is 15.0 Å². The normalized spacial score (nSPS) is 10.7. The Balaban J connectivity index is 2.51. The lowest BCUT2D eigenvalue weighted by Gasteiger charge is -2.23. The predicted octanol–water partition coefficient (Wildman–Crippen LogP) is 1.91. The van der Waals surface area contributed by atoms with Gasteiger partial charge in [-0.05, 0) is 19.3 Å². The molecule has 1 N–H and O–H groups in total. The molecule has 0 aliphatic rings. The van der Waals surface area contributed by atoms with E-state index in [9.17, 15) is 9.59 Å². The van der Waals surface area contributed by atoms with Gasteiger partial charge in [0, 0.05) is 32.2 Å². The molecule has 22 heavy (non-hydrogen) atoms. The van der Waals surface area contributed by atoms with E-state index in [4.69, 9.17) is 4.74 Å². The number of hydrogen-bond donors (Lipinski definition) is 1. The van der Waals surface area contributed by atoms with Crippen LogP contribution in [0.25, 0.3) is 0 Å². The summed E-state index contributed by atoms with van der Waals surface area (Å²) in [6.45, 7) is 7.60. The molecular weight excluding hydrogens is 286 g/mol. The second-order valence-corrected chi connectivity index (χ2v) is 5.40. The molecule has 0 aromatic carbocycles. The van der Waals surface area contributed by atoms with Crippen LogP contribution in [0.4, 0.5) is 5.82 Å². The topological polar surface area (TPSA) is 84.7 Å². The highest BCUT2D eigenvalue weighted by Crippen LogP contribution is 2.07. The van der Waals surface area contributed by atoms with Crippen LogP contribution in [-0.2, 0) is 14.3 Å². The van der Waals surface area contributed by atoms with Gasteiger partial charge in [-0.1, -0.05) is 19.0 Å². The van der Waals surface area contributed by atoms with Gasteiger partial charge in [-0.2, -0.15) is 0 Å². The van der Waals surface area contributed by atoms with Crippen LogP contribution in [0, 0.1) is 5.92 Å². The second-order valence-electron chi connectivity index (χ2n) is 5.40. The van der Waals surface area contributed by atoms with Crippen LogP contribution in [0.5, 0.6) is 0 Å². The van der Waals surface area contributed by atoms with Crippen molar-refractivity contribution < 1.29 is 18.8 Å². The van der Waals surface area contributed by atoms with E-state index in [1.54, 1.807) is 11.0 Å². The SMILES string of the molecule is CCOCCCN(CC(=O)Nc1ccon1)C(=O)CC(C)C. The number of carbonyl (C=O) groups is 2. The first kappa shape index (κ1) is 18.2. The number of rotatable bonds is 10. The first-order chi connectivity index (χ1) is 10.5. The Bertz CT molecular complexity index is 446. The van der Waals surface area contributed by atoms with E-state index < -0.39 is 0 Å². The Morgan fingerprint density at radius 2 is 2.23 bits per heavy atom. The summed E-state index contributed by atoms with van der Waals surface area (Å²) in [5.74, 6) is 0.278. The van der Waals surface area contributed by atoms with Crippen LogP contribution in [0.2, 0.25) is 0 Å². The fourth-order valence-corrected chi connectivity index (χ4v) is 1.90. The van der Waals surface area contributed by atoms with E-state index in [1.165, 1.54) is 6.26 Å². The lowest BCUT2D eigenvalue weighted by Crippen LogP contribution is -2.39. The average molecular weight is 311 g/mol. The minimum absolute atomic E-state index is 0.00450. The maximum atomic E-state index is 12.2. The molecule has 0 spiro atoms. The van der Waals surface area contributed by atoms with Gasteiger partial charge in [-0.25, -0.2) is 0 Å². The molecule has 0 radical (unpaired) electrons. The number of nitrogens with one attached hydrogen (secondary N) is 1. The maximum absolute atomic E-state index is 12.2. The van der Waals surface area contributed by atoms with Crippen LogP contribution >= 0.6 is 0 Å². The van der Waals surface area contributed by atoms with Crippen LogP contribution in [0.1, 0.15) is 33.6 Å². The third-order valence-corrected chi connectivity index (χ3v) is 2.90. The van der Waals surface area contributed by atoms with Crippen LogP contribution < -0.4 is 5.32 Å². The molecule has 0 bridgehead atoms. The molecule has 0 aliphatic carbocycles. The van der Waals surface area contributed by atoms with E-state index in [-0.39, 0.29) is 24.3 Å². The zero-order valence-corrected chi connectivity index (χ0v) is 13.5. The van der Waals surface area contributed by atoms with Gasteiger partial charge in [0.2, 0.25) is 11.8 Å². The minimum Gasteiger partial charge on any atom is -0.382 e. The lowest BCUT2D eigenvalue weighted by molar-refractivity contribution is -0.135. The van der Waals surface area contributed by atoms with Crippen LogP contribution in [0.15, 0.2) is 16.9 Å². The zero-order valence-electron chi connectivity index (χ0n) is 13.5. The van der Waals surface area contributed by atoms with Crippen LogP contribution in [-0.4, -0.2) is 48.2 Å². The first-order valence-corrected chi connectivity index (χ1v) is 7.58. The summed E-state index contributed by atoms with van der Waals surface area (Å²) >= 11 is 0. The van der Waals surface area contributed by atoms with Gasteiger partial charge in [-0.15, -0.1) is 0 Å². The minimum atomic E-state index is -0.289. The smallest absolute Gasteiger partial charge is 0.245 e. The summed E-state index contributed by atoms with van der Waals surface area (Å²) in [4.78, 5) is 25.8. The van der Waals surface area contributed by atoms with Gasteiger partial charge in [0.25, 0.3) is 0 Å². The molecule has 7 heteroatoms. The van der Waals surface area contributed by atoms with Crippen molar-refractivity contribution in [3.8, 4) is 0 Å². The Labute approximate surface area is 131 Å². The standard InChI is InChI=1S/C15H25N3O4/c1-4-21-8-5-7-18(15(20)10-12(2)3)11-14(19)16-13-6-9-22-17-13/h6,9,12H,4-5,7-8,10-11H2,1-3H3,(H,16,17,19). The van der Waals surface area contributed by atoms with Crippen molar-refractivity contribution in [2.75, 3.05) is 31.6 Å². The van der Waals surface area contributed by atoms with E-state index in [1.807, 2.05) is 20.8 Å². The summed E-state index contributed by atoms with van der Waals surface area (Å²) in [5, 5.41) is 6.21. The van der Waals surface area contributed by atoms with Gasteiger partial charge < -0.3 is 19.5 Å². The highest BCUT2D eigenvalue weighted by molar-refractivity contribution is 5.93. The monoisotopic (exact) mass is 311 g/mol. The van der Waals surface area contributed by atoms with Crippen molar-refractivity contribution in [2.45, 2.75) is 33.6 Å². The van der Waals surface area contributed by atoms with Crippen molar-refractivity contribution in [1.82, 2.24) is 10.1 Å². The molecule has 1 aromatic heterocycles. The molecule has 7 nitrogen and oxygen atoms in total. The van der Waals surface area contributed by atoms with Gasteiger partial charge in [0.05, 0.1) is 6.54 Å². The Hall–Kier alpha value is -1.89. The van der Waals surface area contributed by atoms with Crippen molar-refractivity contribution >= 4 is 17.6 Å². The molecule has 0 aliphatic heterocycles. The molecule has 0 saturated heterocycles. The number of aromatic nitrogens is 1. The number of anilines is 1. The third kappa shape index (κ3) is 7.21. The third-order valence-electron chi connectivity index (χ3n) is 2.90. The summed E-state index contributed by atoms with van der Waals surface area (Å²) in [5.41, 5.74) is 0. The number of nitrogens with zero attached hydrogens (tertiary/aromatic N) is 2. The molecule has 0 unspecified atom stereocenters. The summed E-state index contributed by atoms with van der Waals surface area (Å²) in [6.07, 6.45) is 2.50. The Morgan fingerprint density at radius 1 is 1.45 bits per heavy atom. The van der Waals surface area contributed by atoms with E-state index in [0.29, 0.717) is 38.4 Å². The number of amides is 2. The second kappa shape index (κ2) is 9.94. The highest BCUT2D eigenvalue weighted by Gasteiger charge is 2.18. The molecule has 2 amide bonds. The highest BCUT2D eigenvalue weighted by atomic mass is 16.5. The van der Waals surface area contributed by atoms with Gasteiger partial charge in [0.1, 0.15) is 6.26 Å². The molecule has 0 saturated carbocycles. The molecule has 1 rings (SSSR count). The maximum Gasteiger partial charge on any atom is 0.245 e. The summed E-state index contributed by atoms with van der Waals surface area (Å²) in [7, 11) is 0. The first-order valence-electron chi connectivity index (χ1n) is 7.58. The number of ether oxygens (including phenoxy) is 1. The van der Waals surface area contributed by atoms with Gasteiger partial charge in [-0.3, -0.25) is 9.59 Å². The number of hydrogen-bond acceptors (Lipinski definition) is 5. The molecule has 0 atom stereocenters. The quantitative estimate of drug-likeness (QED) is 0.667. The van der Waals surface area contributed by atoms with E-state index >= 15 is 0 Å². The van der Waals surface area contributed by atoms with Crippen molar-refractivity contribution in [3.05, 3.63) is 12.3 Å². The molecule has 124 valence electrons. The molecule has 0 fully saturated rings. The Morgan fingerprint density at radius 3 is 2.82 bits per heavy atom. The lowest BCUT2D eigenvalue weighted by atomic mass is 10.1. The number of carbonyl (C=O) groups excluding carboxylic acids is 2. The van der Waals surface area contributed by atoms with Gasteiger partial charge >= 0.3 is 0 Å². The van der Waals surface area contributed by atoms with Crippen LogP contribution in [0.3, 0.4) is 0 Å². The van der Waals surface area contributed by atoms with Crippen molar-refractivity contribution in [1.29, 1.82) is 0 Å². The predicted molar refractivity (Wildman–Crippen MR) is 82.3 cm³/mol. The fourth-order valence-electron chi connectivity index (χ4n) is 1.90. The largest absolute Gasteiger partial charge is 0.382 e. The summed E-state index contributed by atoms with van der Waals surface area (Å²) in [6, 6.07) is 1.55. The van der Waals surface area contributed by atoms with E-state index in [0.717, 1.165) is 0 Å². The summed E-state index contributed by atoms with van der Waals surface area (Å²) < 4.78 is 9.92. The average Bonchev–Trinajstić information content (AvgIpc) is 2.94.